The second kappa shape index (κ2) is 4.14. The SMILES string of the molecule is C=C(C)c1ccccc1-c1ccccc1. The molecule has 0 atom stereocenters. The average molecular weight is 194 g/mol. The van der Waals surface area contributed by atoms with Gasteiger partial charge in [-0.25, -0.2) is 0 Å². The summed E-state index contributed by atoms with van der Waals surface area (Å²) in [6.07, 6.45) is 0. The minimum Gasteiger partial charge on any atom is -0.0955 e. The second-order valence-electron chi connectivity index (χ2n) is 3.69. The lowest BCUT2D eigenvalue weighted by atomic mass is 9.96. The van der Waals surface area contributed by atoms with E-state index in [0.29, 0.717) is 0 Å². The predicted octanol–water partition coefficient (Wildman–Crippen LogP) is 4.39. The smallest absolute Gasteiger partial charge is 0.0109 e. The van der Waals surface area contributed by atoms with E-state index in [1.807, 2.05) is 13.0 Å². The van der Waals surface area contributed by atoms with Gasteiger partial charge in [0.2, 0.25) is 0 Å². The zero-order chi connectivity index (χ0) is 10.7. The van der Waals surface area contributed by atoms with Crippen LogP contribution in [0.3, 0.4) is 0 Å². The number of benzene rings is 2. The molecule has 0 heteroatoms. The molecule has 0 bridgehead atoms. The highest BCUT2D eigenvalue weighted by atomic mass is 14.1. The zero-order valence-electron chi connectivity index (χ0n) is 8.90. The summed E-state index contributed by atoms with van der Waals surface area (Å²) in [4.78, 5) is 0. The van der Waals surface area contributed by atoms with E-state index in [9.17, 15) is 0 Å². The van der Waals surface area contributed by atoms with Crippen molar-refractivity contribution in [2.24, 2.45) is 0 Å². The molecule has 0 aliphatic rings. The highest BCUT2D eigenvalue weighted by molar-refractivity contribution is 5.79. The molecule has 2 aromatic carbocycles. The molecule has 0 heterocycles. The average Bonchev–Trinajstić information content (AvgIpc) is 2.30. The number of hydrogen-bond acceptors (Lipinski definition) is 0. The second-order valence-corrected chi connectivity index (χ2v) is 3.69. The van der Waals surface area contributed by atoms with E-state index < -0.39 is 0 Å². The Bertz CT molecular complexity index is 466. The summed E-state index contributed by atoms with van der Waals surface area (Å²) in [5.41, 5.74) is 4.83. The van der Waals surface area contributed by atoms with Crippen molar-refractivity contribution in [3.63, 3.8) is 0 Å². The van der Waals surface area contributed by atoms with E-state index in [2.05, 4.69) is 55.1 Å². The van der Waals surface area contributed by atoms with Gasteiger partial charge in [-0.3, -0.25) is 0 Å². The fourth-order valence-corrected chi connectivity index (χ4v) is 1.72. The van der Waals surface area contributed by atoms with Crippen LogP contribution in [0.4, 0.5) is 0 Å². The molecule has 0 spiro atoms. The summed E-state index contributed by atoms with van der Waals surface area (Å²) in [6, 6.07) is 18.8. The molecule has 0 nitrogen and oxygen atoms in total. The molecule has 15 heavy (non-hydrogen) atoms. The van der Waals surface area contributed by atoms with Crippen molar-refractivity contribution in [3.8, 4) is 11.1 Å². The van der Waals surface area contributed by atoms with Crippen LogP contribution >= 0.6 is 0 Å². The zero-order valence-corrected chi connectivity index (χ0v) is 8.90. The Morgan fingerprint density at radius 1 is 0.867 bits per heavy atom. The van der Waals surface area contributed by atoms with Crippen molar-refractivity contribution < 1.29 is 0 Å². The highest BCUT2D eigenvalue weighted by Crippen LogP contribution is 2.27. The first kappa shape index (κ1) is 9.72. The van der Waals surface area contributed by atoms with E-state index in [1.165, 1.54) is 16.7 Å². The molecular formula is C15H14. The van der Waals surface area contributed by atoms with E-state index in [1.54, 1.807) is 0 Å². The van der Waals surface area contributed by atoms with Gasteiger partial charge in [0.25, 0.3) is 0 Å². The first-order chi connectivity index (χ1) is 7.29. The van der Waals surface area contributed by atoms with Gasteiger partial charge in [0, 0.05) is 0 Å². The molecule has 0 aromatic heterocycles. The molecule has 0 aliphatic heterocycles. The molecule has 0 fully saturated rings. The molecule has 0 radical (unpaired) electrons. The molecular weight excluding hydrogens is 180 g/mol. The Kier molecular flexibility index (Phi) is 2.68. The van der Waals surface area contributed by atoms with E-state index >= 15 is 0 Å². The molecule has 0 unspecified atom stereocenters. The van der Waals surface area contributed by atoms with Crippen molar-refractivity contribution in [2.75, 3.05) is 0 Å². The monoisotopic (exact) mass is 194 g/mol. The minimum absolute atomic E-state index is 1.11. The lowest BCUT2D eigenvalue weighted by Gasteiger charge is -2.08. The summed E-state index contributed by atoms with van der Waals surface area (Å²) >= 11 is 0. The van der Waals surface area contributed by atoms with Crippen LogP contribution in [0.2, 0.25) is 0 Å². The molecule has 0 saturated carbocycles. The summed E-state index contributed by atoms with van der Waals surface area (Å²) < 4.78 is 0. The van der Waals surface area contributed by atoms with Crippen LogP contribution in [0.1, 0.15) is 12.5 Å². The number of allylic oxidation sites excluding steroid dienone is 1. The third-order valence-electron chi connectivity index (χ3n) is 2.47. The molecule has 0 N–H and O–H groups in total. The highest BCUT2D eigenvalue weighted by Gasteiger charge is 2.03. The van der Waals surface area contributed by atoms with Gasteiger partial charge >= 0.3 is 0 Å². The summed E-state index contributed by atoms with van der Waals surface area (Å²) in [5, 5.41) is 0. The predicted molar refractivity (Wildman–Crippen MR) is 66.6 cm³/mol. The van der Waals surface area contributed by atoms with Gasteiger partial charge < -0.3 is 0 Å². The Morgan fingerprint density at radius 2 is 1.47 bits per heavy atom. The summed E-state index contributed by atoms with van der Waals surface area (Å²) in [7, 11) is 0. The first-order valence-electron chi connectivity index (χ1n) is 5.09. The summed E-state index contributed by atoms with van der Waals surface area (Å²) in [6.45, 7) is 6.05. The van der Waals surface area contributed by atoms with E-state index in [0.717, 1.165) is 5.57 Å². The van der Waals surface area contributed by atoms with Gasteiger partial charge in [-0.15, -0.1) is 0 Å². The van der Waals surface area contributed by atoms with Crippen molar-refractivity contribution in [2.45, 2.75) is 6.92 Å². The Balaban J connectivity index is 2.58. The normalized spacial score (nSPS) is 9.93. The third kappa shape index (κ3) is 1.99. The van der Waals surface area contributed by atoms with E-state index in [4.69, 9.17) is 0 Å². The number of rotatable bonds is 2. The topological polar surface area (TPSA) is 0 Å². The van der Waals surface area contributed by atoms with Crippen LogP contribution in [0.15, 0.2) is 61.2 Å². The Hall–Kier alpha value is -1.82. The van der Waals surface area contributed by atoms with Gasteiger partial charge in [0.1, 0.15) is 0 Å². The maximum atomic E-state index is 4.01. The largest absolute Gasteiger partial charge is 0.0955 e. The molecule has 2 aromatic rings. The molecule has 0 amide bonds. The molecule has 0 saturated heterocycles. The fourth-order valence-electron chi connectivity index (χ4n) is 1.72. The van der Waals surface area contributed by atoms with Crippen molar-refractivity contribution in [1.82, 2.24) is 0 Å². The van der Waals surface area contributed by atoms with Crippen LogP contribution in [0.5, 0.6) is 0 Å². The molecule has 0 aliphatic carbocycles. The maximum Gasteiger partial charge on any atom is -0.0109 e. The fraction of sp³-hybridized carbons (Fsp3) is 0.0667. The van der Waals surface area contributed by atoms with Crippen molar-refractivity contribution >= 4 is 5.57 Å². The molecule has 74 valence electrons. The van der Waals surface area contributed by atoms with Gasteiger partial charge in [0.15, 0.2) is 0 Å². The van der Waals surface area contributed by atoms with Crippen LogP contribution in [0, 0.1) is 0 Å². The Morgan fingerprint density at radius 3 is 2.13 bits per heavy atom. The van der Waals surface area contributed by atoms with Gasteiger partial charge in [-0.2, -0.15) is 0 Å². The summed E-state index contributed by atoms with van der Waals surface area (Å²) in [5.74, 6) is 0. The van der Waals surface area contributed by atoms with Crippen molar-refractivity contribution in [1.29, 1.82) is 0 Å². The first-order valence-corrected chi connectivity index (χ1v) is 5.09. The van der Waals surface area contributed by atoms with Gasteiger partial charge in [0.05, 0.1) is 0 Å². The molecule has 2 rings (SSSR count). The number of hydrogen-bond donors (Lipinski definition) is 0. The van der Waals surface area contributed by atoms with Gasteiger partial charge in [-0.1, -0.05) is 66.7 Å². The van der Waals surface area contributed by atoms with E-state index in [-0.39, 0.29) is 0 Å². The quantitative estimate of drug-likeness (QED) is 0.665. The van der Waals surface area contributed by atoms with Crippen molar-refractivity contribution in [3.05, 3.63) is 66.7 Å². The maximum absolute atomic E-state index is 4.01. The van der Waals surface area contributed by atoms with Gasteiger partial charge in [-0.05, 0) is 23.6 Å². The lowest BCUT2D eigenvalue weighted by Crippen LogP contribution is -1.85. The van der Waals surface area contributed by atoms with Crippen LogP contribution in [-0.4, -0.2) is 0 Å². The third-order valence-corrected chi connectivity index (χ3v) is 2.47. The van der Waals surface area contributed by atoms with Crippen LogP contribution in [0.25, 0.3) is 16.7 Å². The van der Waals surface area contributed by atoms with Crippen LogP contribution < -0.4 is 0 Å². The van der Waals surface area contributed by atoms with Crippen LogP contribution in [-0.2, 0) is 0 Å². The standard InChI is InChI=1S/C15H14/c1-12(2)14-10-6-7-11-15(14)13-8-4-3-5-9-13/h3-11H,1H2,2H3. The minimum atomic E-state index is 1.11. The Labute approximate surface area is 90.9 Å². The lowest BCUT2D eigenvalue weighted by molar-refractivity contribution is 1.55.